The zero-order chi connectivity index (χ0) is 14.7. The van der Waals surface area contributed by atoms with Gasteiger partial charge in [-0.2, -0.15) is 0 Å². The van der Waals surface area contributed by atoms with E-state index in [1.54, 1.807) is 25.3 Å². The van der Waals surface area contributed by atoms with Crippen LogP contribution in [0.3, 0.4) is 0 Å². The van der Waals surface area contributed by atoms with E-state index in [2.05, 4.69) is 26.0 Å². The molecule has 2 aromatic carbocycles. The summed E-state index contributed by atoms with van der Waals surface area (Å²) in [5.74, 6) is 1.13. The van der Waals surface area contributed by atoms with Crippen LogP contribution in [0.2, 0.25) is 0 Å². The van der Waals surface area contributed by atoms with Gasteiger partial charge in [-0.3, -0.25) is 4.21 Å². The molecule has 3 nitrogen and oxygen atoms in total. The smallest absolute Gasteiger partial charge is 0.120 e. The molecule has 0 aliphatic rings. The molecule has 0 aromatic heterocycles. The third kappa shape index (κ3) is 3.20. The second-order valence-electron chi connectivity index (χ2n) is 4.81. The van der Waals surface area contributed by atoms with Gasteiger partial charge in [0.05, 0.1) is 28.6 Å². The Bertz CT molecular complexity index is 653. The van der Waals surface area contributed by atoms with Crippen molar-refractivity contribution < 1.29 is 8.95 Å². The number of rotatable bonds is 4. The van der Waals surface area contributed by atoms with Crippen molar-refractivity contribution in [1.82, 2.24) is 0 Å². The van der Waals surface area contributed by atoms with Crippen LogP contribution in [-0.2, 0) is 16.6 Å². The van der Waals surface area contributed by atoms with Gasteiger partial charge in [-0.05, 0) is 48.7 Å². The van der Waals surface area contributed by atoms with E-state index >= 15 is 0 Å². The lowest BCUT2D eigenvalue weighted by Crippen LogP contribution is -2.02. The van der Waals surface area contributed by atoms with E-state index in [1.807, 2.05) is 6.07 Å². The van der Waals surface area contributed by atoms with E-state index in [1.165, 1.54) is 11.1 Å². The summed E-state index contributed by atoms with van der Waals surface area (Å²) >= 11 is 0. The van der Waals surface area contributed by atoms with Gasteiger partial charge in [0.2, 0.25) is 0 Å². The van der Waals surface area contributed by atoms with E-state index in [0.717, 1.165) is 5.56 Å². The van der Waals surface area contributed by atoms with Gasteiger partial charge in [-0.15, -0.1) is 0 Å². The normalized spacial score (nSPS) is 12.2. The van der Waals surface area contributed by atoms with Crippen LogP contribution in [0.15, 0.2) is 41.3 Å². The lowest BCUT2D eigenvalue weighted by Gasteiger charge is -2.09. The molecule has 2 rings (SSSR count). The van der Waals surface area contributed by atoms with Crippen LogP contribution in [0, 0.1) is 13.8 Å². The summed E-state index contributed by atoms with van der Waals surface area (Å²) in [5, 5.41) is 0. The van der Waals surface area contributed by atoms with E-state index < -0.39 is 10.8 Å². The molecule has 0 spiro atoms. The fourth-order valence-corrected chi connectivity index (χ4v) is 3.18. The Kier molecular flexibility index (Phi) is 4.45. The van der Waals surface area contributed by atoms with E-state index in [0.29, 0.717) is 22.1 Å². The molecule has 1 unspecified atom stereocenters. The number of methoxy groups -OCH3 is 1. The van der Waals surface area contributed by atoms with Crippen molar-refractivity contribution in [2.24, 2.45) is 0 Å². The minimum Gasteiger partial charge on any atom is -0.497 e. The van der Waals surface area contributed by atoms with Gasteiger partial charge in [-0.1, -0.05) is 18.2 Å². The van der Waals surface area contributed by atoms with Gasteiger partial charge in [0, 0.05) is 5.69 Å². The quantitative estimate of drug-likeness (QED) is 0.879. The van der Waals surface area contributed by atoms with Gasteiger partial charge in [0.15, 0.2) is 0 Å². The molecule has 0 aliphatic carbocycles. The molecule has 0 fully saturated rings. The third-order valence-electron chi connectivity index (χ3n) is 3.34. The molecule has 0 bridgehead atoms. The summed E-state index contributed by atoms with van der Waals surface area (Å²) in [5.41, 5.74) is 9.93. The second-order valence-corrected chi connectivity index (χ2v) is 6.23. The van der Waals surface area contributed by atoms with Crippen molar-refractivity contribution >= 4 is 16.5 Å². The van der Waals surface area contributed by atoms with Gasteiger partial charge in [0.25, 0.3) is 0 Å². The fourth-order valence-electron chi connectivity index (χ4n) is 1.96. The minimum atomic E-state index is -1.18. The highest BCUT2D eigenvalue weighted by Gasteiger charge is 2.11. The topological polar surface area (TPSA) is 52.3 Å². The maximum atomic E-state index is 12.5. The van der Waals surface area contributed by atoms with Crippen LogP contribution in [-0.4, -0.2) is 11.3 Å². The maximum Gasteiger partial charge on any atom is 0.120 e. The van der Waals surface area contributed by atoms with Gasteiger partial charge in [0.1, 0.15) is 5.75 Å². The van der Waals surface area contributed by atoms with Crippen LogP contribution in [0.5, 0.6) is 5.75 Å². The first-order valence-electron chi connectivity index (χ1n) is 6.39. The Morgan fingerprint density at radius 3 is 2.50 bits per heavy atom. The SMILES string of the molecule is COc1ccc(N)c(S(=O)Cc2ccc(C)c(C)c2)c1. The predicted molar refractivity (Wildman–Crippen MR) is 83.4 cm³/mol. The summed E-state index contributed by atoms with van der Waals surface area (Å²) in [6.07, 6.45) is 0. The van der Waals surface area contributed by atoms with Gasteiger partial charge in [-0.25, -0.2) is 0 Å². The van der Waals surface area contributed by atoms with Crippen molar-refractivity contribution in [3.63, 3.8) is 0 Å². The lowest BCUT2D eigenvalue weighted by atomic mass is 10.1. The molecule has 0 radical (unpaired) electrons. The molecule has 0 saturated heterocycles. The summed E-state index contributed by atoms with van der Waals surface area (Å²) < 4.78 is 17.6. The number of benzene rings is 2. The Labute approximate surface area is 122 Å². The molecule has 106 valence electrons. The highest BCUT2D eigenvalue weighted by molar-refractivity contribution is 7.84. The summed E-state index contributed by atoms with van der Waals surface area (Å²) in [6.45, 7) is 4.12. The average Bonchev–Trinajstić information content (AvgIpc) is 2.43. The van der Waals surface area contributed by atoms with Crippen LogP contribution in [0.4, 0.5) is 5.69 Å². The molecule has 0 heterocycles. The van der Waals surface area contributed by atoms with E-state index in [4.69, 9.17) is 10.5 Å². The molecular formula is C16H19NO2S. The summed E-state index contributed by atoms with van der Waals surface area (Å²) in [6, 6.07) is 11.4. The Morgan fingerprint density at radius 2 is 1.85 bits per heavy atom. The first-order valence-corrected chi connectivity index (χ1v) is 7.71. The standard InChI is InChI=1S/C16H19NO2S/c1-11-4-5-13(8-12(11)2)10-20(18)16-9-14(19-3)6-7-15(16)17/h4-9H,10,17H2,1-3H3. The largest absolute Gasteiger partial charge is 0.497 e. The van der Waals surface area contributed by atoms with Crippen molar-refractivity contribution in [1.29, 1.82) is 0 Å². The highest BCUT2D eigenvalue weighted by Crippen LogP contribution is 2.24. The number of hydrogen-bond donors (Lipinski definition) is 1. The Hall–Kier alpha value is -1.81. The van der Waals surface area contributed by atoms with Crippen LogP contribution in [0.25, 0.3) is 0 Å². The van der Waals surface area contributed by atoms with Crippen LogP contribution < -0.4 is 10.5 Å². The van der Waals surface area contributed by atoms with Crippen molar-refractivity contribution in [3.05, 3.63) is 53.1 Å². The van der Waals surface area contributed by atoms with Gasteiger partial charge < -0.3 is 10.5 Å². The summed E-state index contributed by atoms with van der Waals surface area (Å²) in [7, 11) is 0.407. The highest BCUT2D eigenvalue weighted by atomic mass is 32.2. The first kappa shape index (κ1) is 14.6. The molecule has 1 atom stereocenters. The van der Waals surface area contributed by atoms with E-state index in [-0.39, 0.29) is 0 Å². The number of hydrogen-bond acceptors (Lipinski definition) is 3. The maximum absolute atomic E-state index is 12.5. The summed E-state index contributed by atoms with van der Waals surface area (Å²) in [4.78, 5) is 0.627. The van der Waals surface area contributed by atoms with Crippen LogP contribution in [0.1, 0.15) is 16.7 Å². The molecule has 0 aliphatic heterocycles. The average molecular weight is 289 g/mol. The lowest BCUT2D eigenvalue weighted by molar-refractivity contribution is 0.413. The fraction of sp³-hybridized carbons (Fsp3) is 0.250. The first-order chi connectivity index (χ1) is 9.51. The molecule has 2 aromatic rings. The third-order valence-corrected chi connectivity index (χ3v) is 4.77. The molecule has 0 amide bonds. The van der Waals surface area contributed by atoms with Crippen LogP contribution >= 0.6 is 0 Å². The number of aryl methyl sites for hydroxylation is 2. The molecule has 20 heavy (non-hydrogen) atoms. The zero-order valence-electron chi connectivity index (χ0n) is 12.0. The monoisotopic (exact) mass is 289 g/mol. The number of nitrogens with two attached hydrogens (primary N) is 1. The zero-order valence-corrected chi connectivity index (χ0v) is 12.8. The Balaban J connectivity index is 2.25. The number of nitrogen functional groups attached to an aromatic ring is 1. The Morgan fingerprint density at radius 1 is 1.10 bits per heavy atom. The molecule has 2 N–H and O–H groups in total. The van der Waals surface area contributed by atoms with Crippen molar-refractivity contribution in [2.45, 2.75) is 24.5 Å². The molecular weight excluding hydrogens is 270 g/mol. The molecule has 0 saturated carbocycles. The number of anilines is 1. The van der Waals surface area contributed by atoms with E-state index in [9.17, 15) is 4.21 Å². The second kappa shape index (κ2) is 6.09. The number of ether oxygens (including phenoxy) is 1. The van der Waals surface area contributed by atoms with Gasteiger partial charge >= 0.3 is 0 Å². The molecule has 4 heteroatoms. The van der Waals surface area contributed by atoms with Crippen molar-refractivity contribution in [3.8, 4) is 5.75 Å². The van der Waals surface area contributed by atoms with Crippen molar-refractivity contribution in [2.75, 3.05) is 12.8 Å². The predicted octanol–water partition coefficient (Wildman–Crippen LogP) is 3.20. The minimum absolute atomic E-state index is 0.457.